The third-order valence-electron chi connectivity index (χ3n) is 8.80. The second-order valence-corrected chi connectivity index (χ2v) is 12.0. The van der Waals surface area contributed by atoms with E-state index in [1.54, 1.807) is 0 Å². The van der Waals surface area contributed by atoms with Gasteiger partial charge in [-0.05, 0) is 59.2 Å². The Morgan fingerprint density at radius 3 is 1.59 bits per heavy atom. The first kappa shape index (κ1) is 28.5. The van der Waals surface area contributed by atoms with Crippen molar-refractivity contribution in [2.24, 2.45) is 0 Å². The summed E-state index contributed by atoms with van der Waals surface area (Å²) >= 11 is 0. The molecule has 0 saturated carbocycles. The molecule has 0 atom stereocenters. The maximum absolute atomic E-state index is 6.02. The van der Waals surface area contributed by atoms with Crippen LogP contribution in [-0.4, -0.2) is 19.9 Å². The Hall–Kier alpha value is -6.72. The molecule has 230 valence electrons. The first-order chi connectivity index (χ1) is 24.2. The fraction of sp³-hybridized carbons (Fsp3) is 0. The second kappa shape index (κ2) is 12.1. The van der Waals surface area contributed by atoms with E-state index in [9.17, 15) is 0 Å². The van der Waals surface area contributed by atoms with Gasteiger partial charge in [-0.25, -0.2) is 15.0 Å². The highest BCUT2D eigenvalue weighted by atomic mass is 16.3. The number of rotatable bonds is 6. The van der Waals surface area contributed by atoms with Gasteiger partial charge in [0.2, 0.25) is 5.89 Å². The summed E-state index contributed by atoms with van der Waals surface area (Å²) in [6, 6.07) is 55.7. The highest BCUT2D eigenvalue weighted by molar-refractivity contribution is 5.84. The average Bonchev–Trinajstić information content (AvgIpc) is 3.63. The third-order valence-corrected chi connectivity index (χ3v) is 8.80. The Morgan fingerprint density at radius 2 is 0.898 bits per heavy atom. The molecule has 0 spiro atoms. The molecule has 0 aliphatic carbocycles. The van der Waals surface area contributed by atoms with Gasteiger partial charge in [0.1, 0.15) is 5.52 Å². The van der Waals surface area contributed by atoms with Crippen LogP contribution in [0.25, 0.3) is 89.6 Å². The van der Waals surface area contributed by atoms with Crippen LogP contribution in [0.2, 0.25) is 0 Å². The number of hydrogen-bond donors (Lipinski definition) is 0. The summed E-state index contributed by atoms with van der Waals surface area (Å²) < 4.78 is 6.02. The number of hydrogen-bond acceptors (Lipinski definition) is 5. The summed E-state index contributed by atoms with van der Waals surface area (Å²) in [6.07, 6.45) is 1.93. The van der Waals surface area contributed by atoms with Gasteiger partial charge >= 0.3 is 0 Å². The summed E-state index contributed by atoms with van der Waals surface area (Å²) in [5.74, 6) is 1.25. The lowest BCUT2D eigenvalue weighted by Crippen LogP contribution is -1.96. The molecule has 0 unspecified atom stereocenters. The molecule has 49 heavy (non-hydrogen) atoms. The fourth-order valence-corrected chi connectivity index (χ4v) is 6.16. The van der Waals surface area contributed by atoms with Gasteiger partial charge in [0, 0.05) is 39.4 Å². The molecule has 9 rings (SSSR count). The fourth-order valence-electron chi connectivity index (χ4n) is 6.16. The van der Waals surface area contributed by atoms with Crippen molar-refractivity contribution in [2.45, 2.75) is 0 Å². The van der Waals surface area contributed by atoms with Crippen LogP contribution in [0.5, 0.6) is 0 Å². The molecule has 0 saturated heterocycles. The van der Waals surface area contributed by atoms with Gasteiger partial charge in [0.15, 0.2) is 11.4 Å². The van der Waals surface area contributed by atoms with Crippen molar-refractivity contribution in [2.75, 3.05) is 0 Å². The largest absolute Gasteiger partial charge is 0.436 e. The summed E-state index contributed by atoms with van der Waals surface area (Å²) in [5.41, 5.74) is 12.6. The first-order valence-electron chi connectivity index (χ1n) is 16.2. The molecular formula is C44H28N4O. The Balaban J connectivity index is 1.09. The monoisotopic (exact) mass is 628 g/mol. The molecule has 0 amide bonds. The first-order valence-corrected chi connectivity index (χ1v) is 16.2. The highest BCUT2D eigenvalue weighted by Crippen LogP contribution is 2.32. The zero-order chi connectivity index (χ0) is 32.6. The number of oxazole rings is 1. The number of nitrogens with zero attached hydrogens (tertiary/aromatic N) is 4. The van der Waals surface area contributed by atoms with Gasteiger partial charge in [0.05, 0.1) is 16.9 Å². The SMILES string of the molecule is c1ccc(-c2ccc(-c3cc(-c4ccc(-c5nc6ccccc6o5)cc4)nc(-c4ccc(-c5cnc6ccccc6c5)cc4)n3)cc2)cc1. The van der Waals surface area contributed by atoms with Gasteiger partial charge in [-0.15, -0.1) is 0 Å². The number of fused-ring (bicyclic) bond motifs is 2. The lowest BCUT2D eigenvalue weighted by Gasteiger charge is -2.11. The van der Waals surface area contributed by atoms with E-state index >= 15 is 0 Å². The van der Waals surface area contributed by atoms with Crippen LogP contribution in [0, 0.1) is 0 Å². The Kier molecular flexibility index (Phi) is 7.06. The summed E-state index contributed by atoms with van der Waals surface area (Å²) in [4.78, 5) is 19.5. The minimum atomic E-state index is 0.594. The maximum Gasteiger partial charge on any atom is 0.227 e. The van der Waals surface area contributed by atoms with Crippen LogP contribution in [0.1, 0.15) is 0 Å². The highest BCUT2D eigenvalue weighted by Gasteiger charge is 2.13. The van der Waals surface area contributed by atoms with E-state index in [4.69, 9.17) is 14.4 Å². The van der Waals surface area contributed by atoms with E-state index in [0.717, 1.165) is 72.3 Å². The lowest BCUT2D eigenvalue weighted by molar-refractivity contribution is 0.620. The summed E-state index contributed by atoms with van der Waals surface area (Å²) in [5, 5.41) is 1.12. The third kappa shape index (κ3) is 5.64. The standard InChI is InChI=1S/C44H28N4O/c1-2-8-29(9-3-1)30-14-18-32(19-15-30)40-27-41(33-20-24-35(25-21-33)44-48-39-12-6-7-13-42(39)49-44)47-43(46-40)34-22-16-31(17-23-34)37-26-36-10-4-5-11-38(36)45-28-37/h1-28H. The quantitative estimate of drug-likeness (QED) is 0.183. The number of benzene rings is 6. The van der Waals surface area contributed by atoms with Gasteiger partial charge < -0.3 is 4.42 Å². The number of para-hydroxylation sites is 3. The molecule has 6 aromatic carbocycles. The van der Waals surface area contributed by atoms with Crippen molar-refractivity contribution in [1.29, 1.82) is 0 Å². The van der Waals surface area contributed by atoms with Crippen molar-refractivity contribution >= 4 is 22.0 Å². The van der Waals surface area contributed by atoms with E-state index in [2.05, 4.69) is 113 Å². The van der Waals surface area contributed by atoms with Crippen molar-refractivity contribution in [3.05, 3.63) is 170 Å². The topological polar surface area (TPSA) is 64.7 Å². The predicted molar refractivity (Wildman–Crippen MR) is 198 cm³/mol. The molecule has 0 aliphatic rings. The maximum atomic E-state index is 6.02. The van der Waals surface area contributed by atoms with Gasteiger partial charge in [0.25, 0.3) is 0 Å². The Bertz CT molecular complexity index is 2540. The number of pyridine rings is 1. The zero-order valence-corrected chi connectivity index (χ0v) is 26.4. The van der Waals surface area contributed by atoms with Gasteiger partial charge in [-0.3, -0.25) is 4.98 Å². The van der Waals surface area contributed by atoms with Crippen LogP contribution < -0.4 is 0 Å². The van der Waals surface area contributed by atoms with E-state index in [0.29, 0.717) is 11.7 Å². The van der Waals surface area contributed by atoms with E-state index < -0.39 is 0 Å². The van der Waals surface area contributed by atoms with E-state index in [-0.39, 0.29) is 0 Å². The number of aromatic nitrogens is 4. The molecular weight excluding hydrogens is 601 g/mol. The van der Waals surface area contributed by atoms with Crippen LogP contribution in [0.4, 0.5) is 0 Å². The molecule has 5 heteroatoms. The lowest BCUT2D eigenvalue weighted by atomic mass is 10.0. The van der Waals surface area contributed by atoms with Crippen LogP contribution in [-0.2, 0) is 0 Å². The van der Waals surface area contributed by atoms with Crippen molar-refractivity contribution in [3.63, 3.8) is 0 Å². The molecule has 0 bridgehead atoms. The van der Waals surface area contributed by atoms with Crippen molar-refractivity contribution in [1.82, 2.24) is 19.9 Å². The van der Waals surface area contributed by atoms with Gasteiger partial charge in [-0.1, -0.05) is 121 Å². The molecule has 0 aliphatic heterocycles. The molecule has 9 aromatic rings. The molecule has 0 radical (unpaired) electrons. The van der Waals surface area contributed by atoms with Crippen LogP contribution in [0.15, 0.2) is 174 Å². The van der Waals surface area contributed by atoms with E-state index in [1.165, 1.54) is 5.56 Å². The van der Waals surface area contributed by atoms with E-state index in [1.807, 2.05) is 66.9 Å². The minimum Gasteiger partial charge on any atom is -0.436 e. The second-order valence-electron chi connectivity index (χ2n) is 12.0. The van der Waals surface area contributed by atoms with Crippen LogP contribution in [0.3, 0.4) is 0 Å². The van der Waals surface area contributed by atoms with Crippen molar-refractivity contribution in [3.8, 4) is 67.6 Å². The smallest absolute Gasteiger partial charge is 0.227 e. The molecule has 3 aromatic heterocycles. The molecule has 0 fully saturated rings. The normalized spacial score (nSPS) is 11.3. The molecule has 3 heterocycles. The minimum absolute atomic E-state index is 0.594. The zero-order valence-electron chi connectivity index (χ0n) is 26.4. The average molecular weight is 629 g/mol. The van der Waals surface area contributed by atoms with Crippen LogP contribution >= 0.6 is 0 Å². The Labute approximate surface area is 283 Å². The predicted octanol–water partition coefficient (Wildman–Crippen LogP) is 11.2. The molecule has 0 N–H and O–H groups in total. The van der Waals surface area contributed by atoms with Gasteiger partial charge in [-0.2, -0.15) is 0 Å². The Morgan fingerprint density at radius 1 is 0.367 bits per heavy atom. The summed E-state index contributed by atoms with van der Waals surface area (Å²) in [6.45, 7) is 0. The van der Waals surface area contributed by atoms with Crippen molar-refractivity contribution < 1.29 is 4.42 Å². The summed E-state index contributed by atoms with van der Waals surface area (Å²) in [7, 11) is 0. The molecule has 5 nitrogen and oxygen atoms in total.